The van der Waals surface area contributed by atoms with Crippen molar-refractivity contribution in [2.45, 2.75) is 198 Å². The number of benzene rings is 3. The summed E-state index contributed by atoms with van der Waals surface area (Å²) in [6, 6.07) is 24.0. The number of amides is 2. The largest absolute Gasteiger partial charge is 0.469 e. The van der Waals surface area contributed by atoms with Crippen LogP contribution >= 0.6 is 91.7 Å². The zero-order valence-electron chi connectivity index (χ0n) is 52.5. The van der Waals surface area contributed by atoms with Crippen LogP contribution in [0.3, 0.4) is 0 Å². The molecule has 0 aromatic heterocycles. The van der Waals surface area contributed by atoms with Gasteiger partial charge in [0, 0.05) is 23.0 Å². The Morgan fingerprint density at radius 2 is 0.941 bits per heavy atom. The van der Waals surface area contributed by atoms with Gasteiger partial charge in [-0.15, -0.1) is 24.0 Å². The maximum Gasteiger partial charge on any atom is 0.407 e. The number of Topliss-reactive ketones (excluding diaryl/α,β-unsaturated/α-hetero) is 1. The second-order valence-electron chi connectivity index (χ2n) is 24.4. The number of aliphatic hydroxyl groups is 2. The Kier molecular flexibility index (Phi) is 45.6. The molecule has 0 unspecified atom stereocenters. The third kappa shape index (κ3) is 40.4. The maximum absolute atomic E-state index is 12.9. The van der Waals surface area contributed by atoms with Crippen molar-refractivity contribution in [3.8, 4) is 0 Å². The van der Waals surface area contributed by atoms with Gasteiger partial charge in [-0.3, -0.25) is 35.7 Å². The van der Waals surface area contributed by atoms with Crippen molar-refractivity contribution in [2.24, 2.45) is 51.9 Å². The lowest BCUT2D eigenvalue weighted by atomic mass is 9.78. The van der Waals surface area contributed by atoms with Crippen molar-refractivity contribution in [2.75, 3.05) is 20.8 Å². The number of esters is 3. The van der Waals surface area contributed by atoms with Gasteiger partial charge in [0.1, 0.15) is 11.2 Å². The Balaban J connectivity index is -0.000000515. The van der Waals surface area contributed by atoms with Crippen molar-refractivity contribution in [1.82, 2.24) is 11.5 Å². The van der Waals surface area contributed by atoms with E-state index >= 15 is 0 Å². The van der Waals surface area contributed by atoms with Crippen LogP contribution in [0, 0.1) is 45.2 Å². The molecule has 3 aromatic rings. The van der Waals surface area contributed by atoms with Crippen LogP contribution in [0.15, 0.2) is 72.8 Å². The first-order chi connectivity index (χ1) is 37.9. The number of halogens is 4. The monoisotopic (exact) mass is 1650 g/mol. The van der Waals surface area contributed by atoms with Crippen LogP contribution in [0.5, 0.6) is 0 Å². The van der Waals surface area contributed by atoms with E-state index in [4.69, 9.17) is 19.9 Å². The van der Waals surface area contributed by atoms with E-state index in [1.807, 2.05) is 145 Å². The first kappa shape index (κ1) is 88.6. The van der Waals surface area contributed by atoms with E-state index in [1.165, 1.54) is 26.9 Å². The minimum absolute atomic E-state index is 0. The van der Waals surface area contributed by atoms with E-state index in [-0.39, 0.29) is 104 Å². The molecule has 1 heterocycles. The third-order valence-electron chi connectivity index (χ3n) is 12.8. The molecule has 22 heteroatoms. The van der Waals surface area contributed by atoms with Gasteiger partial charge >= 0.3 is 24.0 Å². The summed E-state index contributed by atoms with van der Waals surface area (Å²) in [6.45, 7) is 27.2. The molecule has 1 aliphatic heterocycles. The number of hydrogen-bond donors (Lipinski definition) is 7. The second-order valence-corrected chi connectivity index (χ2v) is 28.1. The number of aliphatic hydroxyl groups excluding tert-OH is 2. The number of alkyl carbamates (subject to hydrolysis) is 1. The molecule has 12 N–H and O–H groups in total. The number of carbonyl (C=O) groups excluding carboxylic acids is 6. The molecule has 0 radical (unpaired) electrons. The summed E-state index contributed by atoms with van der Waals surface area (Å²) in [6.07, 6.45) is 2.83. The Morgan fingerprint density at radius 1 is 0.588 bits per heavy atom. The molecule has 1 aliphatic rings. The Labute approximate surface area is 567 Å². The van der Waals surface area contributed by atoms with Gasteiger partial charge in [0.15, 0.2) is 5.78 Å². The fourth-order valence-corrected chi connectivity index (χ4v) is 9.48. The highest BCUT2D eigenvalue weighted by atomic mass is 127. The van der Waals surface area contributed by atoms with E-state index in [1.54, 1.807) is 0 Å². The van der Waals surface area contributed by atoms with Crippen LogP contribution < -0.4 is 28.9 Å². The third-order valence-corrected chi connectivity index (χ3v) is 15.0. The number of hydrogen-bond acceptors (Lipinski definition) is 16. The van der Waals surface area contributed by atoms with Crippen LogP contribution in [0.2, 0.25) is 0 Å². The molecule has 4 rings (SSSR count). The second kappa shape index (κ2) is 43.8. The summed E-state index contributed by atoms with van der Waals surface area (Å²) in [4.78, 5) is 70.5. The average molecular weight is 1650 g/mol. The Morgan fingerprint density at radius 3 is 1.24 bits per heavy atom. The fraction of sp³-hybridized carbons (Fsp3) is 0.619. The highest BCUT2D eigenvalue weighted by molar-refractivity contribution is 14.1. The predicted molar refractivity (Wildman–Crippen MR) is 375 cm³/mol. The molecule has 3 aromatic carbocycles. The van der Waals surface area contributed by atoms with E-state index < -0.39 is 58.8 Å². The van der Waals surface area contributed by atoms with Crippen molar-refractivity contribution >= 4 is 127 Å². The van der Waals surface area contributed by atoms with Gasteiger partial charge in [-0.2, -0.15) is 0 Å². The average Bonchev–Trinajstić information content (AvgIpc) is 4.24. The SMILES string of the molecule is C.CC(C)(C)OC(=O)C[C@@H](Cc1ccc(I)cc1)[C@@H]1CO1.CC[C@H](O)[C@@H](CC(=O)OC(C)(C)C)Cc1ccc(I)cc1.CC[C@H](O)[C@@H](CC(=O)[C@@H](NC(=O)OC)C(C)(C)C)Cc1ccc(I)cc1.COC(=O)C[C@H](C(N)=O)C(C)(C)C.I.N.NN. The van der Waals surface area contributed by atoms with Gasteiger partial charge in [0.25, 0.3) is 0 Å². The number of primary amides is 1. The van der Waals surface area contributed by atoms with Gasteiger partial charge in [-0.25, -0.2) is 4.79 Å². The van der Waals surface area contributed by atoms with Gasteiger partial charge in [-0.05, 0) is 217 Å². The fourth-order valence-electron chi connectivity index (χ4n) is 8.40. The van der Waals surface area contributed by atoms with E-state index in [0.717, 1.165) is 27.7 Å². The molecule has 8 atom stereocenters. The first-order valence-corrected chi connectivity index (χ1v) is 30.9. The summed E-state index contributed by atoms with van der Waals surface area (Å²) in [5.74, 6) is 6.10. The zero-order chi connectivity index (χ0) is 63.3. The molecule has 2 amide bonds. The van der Waals surface area contributed by atoms with Crippen LogP contribution in [0.1, 0.15) is 160 Å². The molecule has 1 fully saturated rings. The van der Waals surface area contributed by atoms with Gasteiger partial charge in [0.2, 0.25) is 5.91 Å². The number of hydrazine groups is 1. The number of nitrogens with two attached hydrogens (primary N) is 3. The van der Waals surface area contributed by atoms with Gasteiger partial charge in [-0.1, -0.05) is 99.2 Å². The maximum atomic E-state index is 12.9. The number of epoxide rings is 1. The predicted octanol–water partition coefficient (Wildman–Crippen LogP) is 12.4. The smallest absolute Gasteiger partial charge is 0.407 e. The summed E-state index contributed by atoms with van der Waals surface area (Å²) < 4.78 is 28.8. The van der Waals surface area contributed by atoms with E-state index in [2.05, 4.69) is 119 Å². The molecule has 0 aliphatic carbocycles. The number of rotatable bonds is 22. The normalized spacial score (nSPS) is 14.9. The van der Waals surface area contributed by atoms with Crippen LogP contribution in [-0.2, 0) is 66.9 Å². The molecular formula is C63H105I4N5O13. The van der Waals surface area contributed by atoms with Crippen molar-refractivity contribution in [1.29, 1.82) is 0 Å². The molecule has 1 saturated heterocycles. The molecular weight excluding hydrogens is 1540 g/mol. The summed E-state index contributed by atoms with van der Waals surface area (Å²) >= 11 is 6.80. The van der Waals surface area contributed by atoms with E-state index in [9.17, 15) is 39.0 Å². The standard InChI is InChI=1S/C20H30INO4.C17H25IO3.C16H21IO3.C9H17NO3.CH4.HI.H4N2.H3N/c1-6-16(23)14(11-13-7-9-15(21)10-8-13)12-17(24)18(20(2,3)4)22-19(25)26-5;1-5-15(19)13(11-16(20)21-17(2,3)4)10-12-6-8-14(18)9-7-12;1-16(2,3)20-15(18)9-12(14-10-19-14)8-11-4-6-13(17)7-5-11;1-9(2,3)6(8(10)12)5-7(11)13-4;;;1-2;/h7-10,14,16,18,23H,6,11-12H2,1-5H3,(H,22,25);6-9,13,15,19H,5,10-11H2,1-4H3;4-7,12,14H,8-10H2,1-3H3;6H,5H2,1-4H3,(H2,10,12);1H4;1H;1-2H2;1H3/t14-,16+,18-;13-,15+;12-,14+;6-;;;;/m1111..../s1. The minimum Gasteiger partial charge on any atom is -0.469 e. The quantitative estimate of drug-likeness (QED) is 0.0123. The summed E-state index contributed by atoms with van der Waals surface area (Å²) in [5.41, 5.74) is 6.99. The molecule has 0 spiro atoms. The van der Waals surface area contributed by atoms with Gasteiger partial charge in [0.05, 0.1) is 70.4 Å². The molecule has 85 heavy (non-hydrogen) atoms. The highest BCUT2D eigenvalue weighted by Crippen LogP contribution is 2.31. The lowest BCUT2D eigenvalue weighted by molar-refractivity contribution is -0.157. The highest BCUT2D eigenvalue weighted by Gasteiger charge is 2.37. The molecule has 0 saturated carbocycles. The molecule has 488 valence electrons. The number of carbonyl (C=O) groups is 6. The van der Waals surface area contributed by atoms with Crippen molar-refractivity contribution < 1.29 is 62.7 Å². The lowest BCUT2D eigenvalue weighted by Gasteiger charge is -2.31. The zero-order valence-corrected chi connectivity index (χ0v) is 61.3. The minimum atomic E-state index is -0.668. The molecule has 0 bridgehead atoms. The van der Waals surface area contributed by atoms with Crippen LogP contribution in [0.4, 0.5) is 4.79 Å². The number of methoxy groups -OCH3 is 2. The van der Waals surface area contributed by atoms with E-state index in [0.29, 0.717) is 32.1 Å². The Hall–Kier alpha value is -2.84. The summed E-state index contributed by atoms with van der Waals surface area (Å²) in [5, 5.41) is 23.2. The molecule has 18 nitrogen and oxygen atoms in total. The van der Waals surface area contributed by atoms with Crippen molar-refractivity contribution in [3.05, 3.63) is 100 Å². The van der Waals surface area contributed by atoms with Crippen LogP contribution in [-0.4, -0.2) is 102 Å². The number of ether oxygens (including phenoxy) is 5. The van der Waals surface area contributed by atoms with Crippen molar-refractivity contribution in [3.63, 3.8) is 0 Å². The number of nitrogens with one attached hydrogen (secondary N) is 1. The Bertz CT molecular complexity index is 2370. The lowest BCUT2D eigenvalue weighted by Crippen LogP contribution is -2.50. The number of ketones is 1. The van der Waals surface area contributed by atoms with Gasteiger partial charge < -0.3 is 51.1 Å². The summed E-state index contributed by atoms with van der Waals surface area (Å²) in [7, 11) is 2.57. The topological polar surface area (TPSA) is 317 Å². The first-order valence-electron chi connectivity index (χ1n) is 27.6. The van der Waals surface area contributed by atoms with Crippen LogP contribution in [0.25, 0.3) is 0 Å².